The Bertz CT molecular complexity index is 1070. The minimum Gasteiger partial charge on any atom is -0.479 e. The molecule has 4 rings (SSSR count). The summed E-state index contributed by atoms with van der Waals surface area (Å²) in [4.78, 5) is 23.9. The molecule has 4 aliphatic heterocycles. The molecule has 0 aromatic rings. The van der Waals surface area contributed by atoms with E-state index in [1.54, 1.807) is 0 Å². The molecule has 47 heavy (non-hydrogen) atoms. The molecule has 4 saturated heterocycles. The van der Waals surface area contributed by atoms with Crippen LogP contribution in [-0.4, -0.2) is 197 Å². The van der Waals surface area contributed by atoms with Crippen LogP contribution in [0.4, 0.5) is 0 Å². The number of aliphatic hydroxyl groups excluding tert-OH is 10. The summed E-state index contributed by atoms with van der Waals surface area (Å²) < 4.78 is 38.9. The van der Waals surface area contributed by atoms with Crippen molar-refractivity contribution < 1.29 is 98.9 Å². The van der Waals surface area contributed by atoms with E-state index in [1.165, 1.54) is 13.8 Å². The Morgan fingerprint density at radius 3 is 1.74 bits per heavy atom. The fourth-order valence-electron chi connectivity index (χ4n) is 5.79. The van der Waals surface area contributed by atoms with E-state index >= 15 is 0 Å². The number of ether oxygens (including phenoxy) is 7. The summed E-state index contributed by atoms with van der Waals surface area (Å²) in [6, 6.07) is -1.64. The van der Waals surface area contributed by atoms with E-state index in [0.29, 0.717) is 0 Å². The van der Waals surface area contributed by atoms with E-state index in [1.807, 2.05) is 0 Å². The maximum Gasteiger partial charge on any atom is 0.335 e. The summed E-state index contributed by atoms with van der Waals surface area (Å²) >= 11 is 0. The zero-order valence-electron chi connectivity index (χ0n) is 25.3. The first-order valence-corrected chi connectivity index (χ1v) is 14.8. The van der Waals surface area contributed by atoms with Crippen molar-refractivity contribution in [3.05, 3.63) is 0 Å². The second kappa shape index (κ2) is 15.4. The molecule has 4 heterocycles. The van der Waals surface area contributed by atoms with Gasteiger partial charge in [-0.2, -0.15) is 0 Å². The van der Waals surface area contributed by atoms with Gasteiger partial charge in [0.2, 0.25) is 5.91 Å². The SMILES string of the molecule is CC(=O)N[C@H]1C(O[C@@H]2OC(C(=O)O)[C@H](O)C(O)[C@@H]2O)[C@@H](O)C(CO)O[C@H]1O[C@H]1C(O)[C@@H](O)C(C)O[C@H]1O[C@H]1C(O)[C@@H](O)C(C)O[C@H]1O. The number of aliphatic carboxylic acids is 1. The van der Waals surface area contributed by atoms with Gasteiger partial charge in [-0.1, -0.05) is 0 Å². The summed E-state index contributed by atoms with van der Waals surface area (Å²) in [6.07, 6.45) is -33.4. The predicted molar refractivity (Wildman–Crippen MR) is 143 cm³/mol. The lowest BCUT2D eigenvalue weighted by Gasteiger charge is -2.50. The van der Waals surface area contributed by atoms with Gasteiger partial charge < -0.3 is 94.6 Å². The quantitative estimate of drug-likeness (QED) is 0.107. The number of carboxylic acids is 1. The van der Waals surface area contributed by atoms with Gasteiger partial charge in [0.15, 0.2) is 31.3 Å². The molecule has 0 aromatic heterocycles. The smallest absolute Gasteiger partial charge is 0.335 e. The van der Waals surface area contributed by atoms with Crippen molar-refractivity contribution in [1.29, 1.82) is 0 Å². The third kappa shape index (κ3) is 7.86. The van der Waals surface area contributed by atoms with Crippen LogP contribution < -0.4 is 5.32 Å². The summed E-state index contributed by atoms with van der Waals surface area (Å²) in [7, 11) is 0. The molecule has 272 valence electrons. The molecule has 20 atom stereocenters. The number of aliphatic hydroxyl groups is 10. The van der Waals surface area contributed by atoms with Crippen LogP contribution in [0.5, 0.6) is 0 Å². The first-order chi connectivity index (χ1) is 22.0. The molecule has 21 nitrogen and oxygen atoms in total. The minimum absolute atomic E-state index is 0.782. The molecule has 12 N–H and O–H groups in total. The molecule has 0 aliphatic carbocycles. The van der Waals surface area contributed by atoms with Gasteiger partial charge in [0.25, 0.3) is 0 Å². The van der Waals surface area contributed by atoms with E-state index in [-0.39, 0.29) is 0 Å². The van der Waals surface area contributed by atoms with Gasteiger partial charge in [-0.3, -0.25) is 4.79 Å². The highest BCUT2D eigenvalue weighted by atomic mass is 16.8. The lowest BCUT2D eigenvalue weighted by atomic mass is 9.94. The second-order valence-electron chi connectivity index (χ2n) is 11.9. The van der Waals surface area contributed by atoms with Crippen LogP contribution in [-0.2, 0) is 42.7 Å². The standard InChI is InChI=1S/C26H43NO20/c1-5-10(30)14(34)20(23(40)41-5)46-26-21(15(35)11(31)6(2)42-26)47-24-9(27-7(3)29)18(12(32)8(4-28)43-24)44-25-17(37)13(33)16(36)19(45-25)22(38)39/h5-6,8-21,23-26,28,30-37,40H,4H2,1-3H3,(H,27,29)(H,38,39)/t5?,6?,8?,9-,10-,11-,12-,13?,14?,15?,16+,17-,18?,19?,20-,21-,23+,24-,25+,26-/m0/s1. The van der Waals surface area contributed by atoms with E-state index in [2.05, 4.69) is 5.32 Å². The Morgan fingerprint density at radius 1 is 0.617 bits per heavy atom. The average molecular weight is 690 g/mol. The third-order valence-corrected chi connectivity index (χ3v) is 8.50. The molecule has 21 heteroatoms. The maximum atomic E-state index is 12.3. The first-order valence-electron chi connectivity index (χ1n) is 14.8. The van der Waals surface area contributed by atoms with Gasteiger partial charge in [0, 0.05) is 6.92 Å². The molecule has 0 bridgehead atoms. The van der Waals surface area contributed by atoms with Crippen LogP contribution in [0, 0.1) is 0 Å². The highest BCUT2D eigenvalue weighted by molar-refractivity contribution is 5.73. The molecular formula is C26H43NO20. The zero-order chi connectivity index (χ0) is 35.1. The van der Waals surface area contributed by atoms with Crippen LogP contribution in [0.15, 0.2) is 0 Å². The van der Waals surface area contributed by atoms with Crippen LogP contribution in [0.1, 0.15) is 20.8 Å². The van der Waals surface area contributed by atoms with Crippen molar-refractivity contribution in [1.82, 2.24) is 5.32 Å². The van der Waals surface area contributed by atoms with E-state index < -0.39 is 141 Å². The number of amides is 1. The second-order valence-corrected chi connectivity index (χ2v) is 11.9. The summed E-state index contributed by atoms with van der Waals surface area (Å²) in [5.74, 6) is -2.52. The number of carbonyl (C=O) groups excluding carboxylic acids is 1. The zero-order valence-corrected chi connectivity index (χ0v) is 25.3. The monoisotopic (exact) mass is 689 g/mol. The predicted octanol–water partition coefficient (Wildman–Crippen LogP) is -7.46. The van der Waals surface area contributed by atoms with Gasteiger partial charge in [-0.05, 0) is 13.8 Å². The lowest BCUT2D eigenvalue weighted by molar-refractivity contribution is -0.386. The largest absolute Gasteiger partial charge is 0.479 e. The molecule has 8 unspecified atom stereocenters. The van der Waals surface area contributed by atoms with E-state index in [4.69, 9.17) is 33.2 Å². The fourth-order valence-corrected chi connectivity index (χ4v) is 5.79. The summed E-state index contributed by atoms with van der Waals surface area (Å²) in [6.45, 7) is 2.86. The van der Waals surface area contributed by atoms with Crippen LogP contribution >= 0.6 is 0 Å². The van der Waals surface area contributed by atoms with Crippen molar-refractivity contribution in [2.45, 2.75) is 144 Å². The summed E-state index contributed by atoms with van der Waals surface area (Å²) in [5, 5.41) is 116. The molecule has 0 radical (unpaired) electrons. The summed E-state index contributed by atoms with van der Waals surface area (Å²) in [5.41, 5.74) is 0. The average Bonchev–Trinajstić information content (AvgIpc) is 3.01. The highest BCUT2D eigenvalue weighted by Crippen LogP contribution is 2.34. The molecule has 0 aromatic carbocycles. The maximum absolute atomic E-state index is 12.3. The number of carbonyl (C=O) groups is 2. The number of carboxylic acid groups (broad SMARTS) is 1. The fraction of sp³-hybridized carbons (Fsp3) is 0.923. The number of nitrogens with one attached hydrogen (secondary N) is 1. The lowest BCUT2D eigenvalue weighted by Crippen LogP contribution is -2.70. The van der Waals surface area contributed by atoms with Gasteiger partial charge >= 0.3 is 5.97 Å². The Labute approximate surface area is 266 Å². The number of hydrogen-bond acceptors (Lipinski definition) is 19. The molecule has 4 aliphatic rings. The molecule has 0 spiro atoms. The van der Waals surface area contributed by atoms with E-state index in [9.17, 15) is 65.8 Å². The Kier molecular flexibility index (Phi) is 12.5. The minimum atomic E-state index is -2.10. The Morgan fingerprint density at radius 2 is 1.17 bits per heavy atom. The van der Waals surface area contributed by atoms with Crippen molar-refractivity contribution in [3.8, 4) is 0 Å². The van der Waals surface area contributed by atoms with Crippen LogP contribution in [0.3, 0.4) is 0 Å². The van der Waals surface area contributed by atoms with Crippen LogP contribution in [0.2, 0.25) is 0 Å². The number of rotatable bonds is 9. The van der Waals surface area contributed by atoms with Crippen LogP contribution in [0.25, 0.3) is 0 Å². The topological polar surface area (TPSA) is 333 Å². The van der Waals surface area contributed by atoms with Crippen molar-refractivity contribution in [3.63, 3.8) is 0 Å². The first kappa shape index (κ1) is 38.1. The van der Waals surface area contributed by atoms with Crippen molar-refractivity contribution >= 4 is 11.9 Å². The van der Waals surface area contributed by atoms with Gasteiger partial charge in [-0.15, -0.1) is 0 Å². The molecule has 0 saturated carbocycles. The number of hydrogen-bond donors (Lipinski definition) is 12. The van der Waals surface area contributed by atoms with Gasteiger partial charge in [0.05, 0.1) is 18.8 Å². The Balaban J connectivity index is 1.64. The highest BCUT2D eigenvalue weighted by Gasteiger charge is 2.56. The van der Waals surface area contributed by atoms with Crippen molar-refractivity contribution in [2.75, 3.05) is 6.61 Å². The molecule has 4 fully saturated rings. The normalized spacial score (nSPS) is 50.9. The Hall–Kier alpha value is -1.74. The van der Waals surface area contributed by atoms with Gasteiger partial charge in [0.1, 0.15) is 79.3 Å². The molecule has 1 amide bonds. The third-order valence-electron chi connectivity index (χ3n) is 8.50. The van der Waals surface area contributed by atoms with Gasteiger partial charge in [-0.25, -0.2) is 4.79 Å². The molecular weight excluding hydrogens is 646 g/mol. The van der Waals surface area contributed by atoms with Crippen molar-refractivity contribution in [2.24, 2.45) is 0 Å². The van der Waals surface area contributed by atoms with E-state index in [0.717, 1.165) is 6.92 Å².